The lowest BCUT2D eigenvalue weighted by molar-refractivity contribution is 0.0955. The fourth-order valence-electron chi connectivity index (χ4n) is 1.65. The average molecular weight is 286 g/mol. The van der Waals surface area contributed by atoms with E-state index in [1.54, 1.807) is 36.4 Å². The van der Waals surface area contributed by atoms with Crippen molar-refractivity contribution in [3.8, 4) is 5.75 Å². The summed E-state index contributed by atoms with van der Waals surface area (Å²) >= 11 is 0. The molecule has 0 aliphatic heterocycles. The third kappa shape index (κ3) is 4.42. The molecule has 108 valence electrons. The number of hydrogen-bond acceptors (Lipinski definition) is 3. The Morgan fingerprint density at radius 3 is 2.48 bits per heavy atom. The standard InChI is InChI=1S/C16H15FN2O2/c1-2-21-15-9-5-13(6-10-15)16(20)19-18-11-12-3-7-14(17)8-4-12/h3-11H,2H2,1H3,(H,19,20)/b18-11-. The van der Waals surface area contributed by atoms with Crippen molar-refractivity contribution < 1.29 is 13.9 Å². The van der Waals surface area contributed by atoms with E-state index >= 15 is 0 Å². The molecule has 1 amide bonds. The lowest BCUT2D eigenvalue weighted by Gasteiger charge is -2.03. The molecule has 0 unspecified atom stereocenters. The Labute approximate surface area is 122 Å². The SMILES string of the molecule is CCOc1ccc(C(=O)N/N=C\c2ccc(F)cc2)cc1. The number of nitrogens with zero attached hydrogens (tertiary/aromatic N) is 1. The van der Waals surface area contributed by atoms with Gasteiger partial charge in [0.05, 0.1) is 12.8 Å². The van der Waals surface area contributed by atoms with Crippen LogP contribution in [0, 0.1) is 5.82 Å². The Kier molecular flexibility index (Phi) is 5.04. The second-order valence-electron chi connectivity index (χ2n) is 4.21. The Balaban J connectivity index is 1.93. The van der Waals surface area contributed by atoms with Crippen LogP contribution in [0.1, 0.15) is 22.8 Å². The van der Waals surface area contributed by atoms with Crippen LogP contribution >= 0.6 is 0 Å². The monoisotopic (exact) mass is 286 g/mol. The van der Waals surface area contributed by atoms with Crippen LogP contribution in [0.5, 0.6) is 5.75 Å². The third-order valence-corrected chi connectivity index (χ3v) is 2.68. The van der Waals surface area contributed by atoms with E-state index in [9.17, 15) is 9.18 Å². The van der Waals surface area contributed by atoms with Gasteiger partial charge < -0.3 is 4.74 Å². The molecule has 2 aromatic carbocycles. The van der Waals surface area contributed by atoms with Gasteiger partial charge in [0.2, 0.25) is 0 Å². The van der Waals surface area contributed by atoms with Crippen LogP contribution < -0.4 is 10.2 Å². The number of amides is 1. The molecule has 0 spiro atoms. The van der Waals surface area contributed by atoms with Crippen molar-refractivity contribution in [3.05, 3.63) is 65.5 Å². The van der Waals surface area contributed by atoms with Gasteiger partial charge in [-0.1, -0.05) is 12.1 Å². The molecule has 5 heteroatoms. The summed E-state index contributed by atoms with van der Waals surface area (Å²) in [6, 6.07) is 12.6. The maximum Gasteiger partial charge on any atom is 0.271 e. The van der Waals surface area contributed by atoms with Gasteiger partial charge in [-0.2, -0.15) is 5.10 Å². The average Bonchev–Trinajstić information content (AvgIpc) is 2.50. The van der Waals surface area contributed by atoms with Gasteiger partial charge in [0.25, 0.3) is 5.91 Å². The van der Waals surface area contributed by atoms with Gasteiger partial charge in [-0.15, -0.1) is 0 Å². The van der Waals surface area contributed by atoms with E-state index in [-0.39, 0.29) is 11.7 Å². The van der Waals surface area contributed by atoms with Gasteiger partial charge >= 0.3 is 0 Å². The molecular formula is C16H15FN2O2. The molecule has 0 bridgehead atoms. The quantitative estimate of drug-likeness (QED) is 0.678. The second-order valence-corrected chi connectivity index (χ2v) is 4.21. The van der Waals surface area contributed by atoms with Crippen LogP contribution in [0.2, 0.25) is 0 Å². The first-order valence-electron chi connectivity index (χ1n) is 6.51. The van der Waals surface area contributed by atoms with Gasteiger partial charge in [-0.25, -0.2) is 9.82 Å². The highest BCUT2D eigenvalue weighted by atomic mass is 19.1. The number of hydrazone groups is 1. The number of halogens is 1. The van der Waals surface area contributed by atoms with Gasteiger partial charge in [0.15, 0.2) is 0 Å². The highest BCUT2D eigenvalue weighted by Crippen LogP contribution is 2.11. The molecule has 2 rings (SSSR count). The van der Waals surface area contributed by atoms with Crippen LogP contribution in [-0.4, -0.2) is 18.7 Å². The highest BCUT2D eigenvalue weighted by Gasteiger charge is 2.03. The van der Waals surface area contributed by atoms with Crippen molar-refractivity contribution >= 4 is 12.1 Å². The molecule has 4 nitrogen and oxygen atoms in total. The summed E-state index contributed by atoms with van der Waals surface area (Å²) in [5.74, 6) is 0.0749. The van der Waals surface area contributed by atoms with Crippen molar-refractivity contribution in [3.63, 3.8) is 0 Å². The number of carbonyl (C=O) groups is 1. The molecule has 21 heavy (non-hydrogen) atoms. The van der Waals surface area contributed by atoms with Crippen LogP contribution in [-0.2, 0) is 0 Å². The van der Waals surface area contributed by atoms with Crippen molar-refractivity contribution in [2.24, 2.45) is 5.10 Å². The molecule has 0 atom stereocenters. The van der Waals surface area contributed by atoms with Crippen molar-refractivity contribution in [2.45, 2.75) is 6.92 Å². The molecule has 0 aromatic heterocycles. The van der Waals surface area contributed by atoms with E-state index in [2.05, 4.69) is 10.5 Å². The van der Waals surface area contributed by atoms with E-state index < -0.39 is 0 Å². The first-order chi connectivity index (χ1) is 10.2. The van der Waals surface area contributed by atoms with E-state index in [1.165, 1.54) is 18.3 Å². The Morgan fingerprint density at radius 1 is 1.19 bits per heavy atom. The zero-order chi connectivity index (χ0) is 15.1. The summed E-state index contributed by atoms with van der Waals surface area (Å²) in [4.78, 5) is 11.8. The number of nitrogens with one attached hydrogen (secondary N) is 1. The minimum absolute atomic E-state index is 0.314. The second kappa shape index (κ2) is 7.19. The Hall–Kier alpha value is -2.69. The Bertz CT molecular complexity index is 622. The summed E-state index contributed by atoms with van der Waals surface area (Å²) in [6.45, 7) is 2.47. The lowest BCUT2D eigenvalue weighted by Crippen LogP contribution is -2.17. The number of carbonyl (C=O) groups excluding carboxylic acids is 1. The molecule has 1 N–H and O–H groups in total. The summed E-state index contributed by atoms with van der Waals surface area (Å²) in [7, 11) is 0. The zero-order valence-corrected chi connectivity index (χ0v) is 11.5. The van der Waals surface area contributed by atoms with E-state index in [0.29, 0.717) is 23.5 Å². The van der Waals surface area contributed by atoms with Crippen LogP contribution in [0.25, 0.3) is 0 Å². The van der Waals surface area contributed by atoms with Gasteiger partial charge in [0.1, 0.15) is 11.6 Å². The summed E-state index contributed by atoms with van der Waals surface area (Å²) < 4.78 is 18.0. The molecule has 0 fully saturated rings. The highest BCUT2D eigenvalue weighted by molar-refractivity contribution is 5.94. The third-order valence-electron chi connectivity index (χ3n) is 2.68. The van der Waals surface area contributed by atoms with Crippen molar-refractivity contribution in [1.29, 1.82) is 0 Å². The first kappa shape index (κ1) is 14.7. The lowest BCUT2D eigenvalue weighted by atomic mass is 10.2. The van der Waals surface area contributed by atoms with Gasteiger partial charge in [0, 0.05) is 5.56 Å². The van der Waals surface area contributed by atoms with E-state index in [4.69, 9.17) is 4.74 Å². The molecule has 0 aliphatic rings. The summed E-state index contributed by atoms with van der Waals surface area (Å²) in [5.41, 5.74) is 3.59. The largest absolute Gasteiger partial charge is 0.494 e. The number of benzene rings is 2. The molecule has 0 saturated heterocycles. The van der Waals surface area contributed by atoms with Gasteiger partial charge in [-0.3, -0.25) is 4.79 Å². The Morgan fingerprint density at radius 2 is 1.86 bits per heavy atom. The molecule has 2 aromatic rings. The molecule has 0 saturated carbocycles. The number of hydrogen-bond donors (Lipinski definition) is 1. The van der Waals surface area contributed by atoms with Crippen molar-refractivity contribution in [2.75, 3.05) is 6.61 Å². The van der Waals surface area contributed by atoms with Crippen LogP contribution in [0.3, 0.4) is 0 Å². The molecular weight excluding hydrogens is 271 g/mol. The molecule has 0 heterocycles. The van der Waals surface area contributed by atoms with E-state index in [1.807, 2.05) is 6.92 Å². The molecule has 0 aliphatic carbocycles. The summed E-state index contributed by atoms with van der Waals surface area (Å²) in [5, 5.41) is 3.83. The van der Waals surface area contributed by atoms with Gasteiger partial charge in [-0.05, 0) is 48.9 Å². The van der Waals surface area contributed by atoms with E-state index in [0.717, 1.165) is 0 Å². The maximum absolute atomic E-state index is 12.7. The van der Waals surface area contributed by atoms with Crippen LogP contribution in [0.4, 0.5) is 4.39 Å². The smallest absolute Gasteiger partial charge is 0.271 e. The maximum atomic E-state index is 12.7. The summed E-state index contributed by atoms with van der Waals surface area (Å²) in [6.07, 6.45) is 1.45. The van der Waals surface area contributed by atoms with Crippen molar-refractivity contribution in [1.82, 2.24) is 5.43 Å². The predicted molar refractivity (Wildman–Crippen MR) is 79.1 cm³/mol. The zero-order valence-electron chi connectivity index (χ0n) is 11.5. The number of rotatable bonds is 5. The predicted octanol–water partition coefficient (Wildman–Crippen LogP) is 2.99. The minimum atomic E-state index is -0.323. The fourth-order valence-corrected chi connectivity index (χ4v) is 1.65. The molecule has 0 radical (unpaired) electrons. The first-order valence-corrected chi connectivity index (χ1v) is 6.51. The number of ether oxygens (including phenoxy) is 1. The fraction of sp³-hybridized carbons (Fsp3) is 0.125. The normalized spacial score (nSPS) is 10.6. The topological polar surface area (TPSA) is 50.7 Å². The van der Waals surface area contributed by atoms with Crippen LogP contribution in [0.15, 0.2) is 53.6 Å². The minimum Gasteiger partial charge on any atom is -0.494 e.